The number of rotatable bonds is 5. The van der Waals surface area contributed by atoms with Crippen molar-refractivity contribution in [2.45, 2.75) is 31.1 Å². The highest BCUT2D eigenvalue weighted by atomic mass is 35.5. The molecule has 0 saturated carbocycles. The monoisotopic (exact) mass is 304 g/mol. The van der Waals surface area contributed by atoms with Gasteiger partial charge in [-0.3, -0.25) is 0 Å². The van der Waals surface area contributed by atoms with E-state index in [9.17, 15) is 13.2 Å². The van der Waals surface area contributed by atoms with Crippen LogP contribution in [-0.2, 0) is 21.0 Å². The van der Waals surface area contributed by atoms with Crippen molar-refractivity contribution in [1.82, 2.24) is 0 Å². The second kappa shape index (κ2) is 6.39. The Hall–Kier alpha value is -1.07. The lowest BCUT2D eigenvalue weighted by molar-refractivity contribution is 0.0600. The number of ether oxygens (including phenoxy) is 1. The molecule has 19 heavy (non-hydrogen) atoms. The smallest absolute Gasteiger partial charge is 0.339 e. The quantitative estimate of drug-likeness (QED) is 0.785. The summed E-state index contributed by atoms with van der Waals surface area (Å²) in [5.74, 6) is -0.642. The largest absolute Gasteiger partial charge is 0.465 e. The predicted molar refractivity (Wildman–Crippen MR) is 74.5 cm³/mol. The number of benzene rings is 1. The van der Waals surface area contributed by atoms with Crippen LogP contribution in [0.15, 0.2) is 17.0 Å². The molecular formula is C13H17ClO4S. The van der Waals surface area contributed by atoms with Gasteiger partial charge in [0.2, 0.25) is 0 Å². The van der Waals surface area contributed by atoms with Crippen LogP contribution >= 0.6 is 11.6 Å². The van der Waals surface area contributed by atoms with E-state index >= 15 is 0 Å². The Balaban J connectivity index is 3.45. The highest BCUT2D eigenvalue weighted by Crippen LogP contribution is 2.30. The second-order valence-corrected chi connectivity index (χ2v) is 6.61. The summed E-state index contributed by atoms with van der Waals surface area (Å²) in [6, 6.07) is 3.14. The first-order chi connectivity index (χ1) is 8.82. The molecule has 1 aromatic rings. The van der Waals surface area contributed by atoms with Gasteiger partial charge < -0.3 is 4.74 Å². The van der Waals surface area contributed by atoms with Crippen LogP contribution in [0.2, 0.25) is 5.02 Å². The standard InChI is InChI=1S/C13H17ClO4S/c1-4-5-6-9-7-8-10(13(15)18-2)11(14)12(9)19(3,16)17/h7-8H,4-6H2,1-3H3. The zero-order valence-electron chi connectivity index (χ0n) is 11.2. The van der Waals surface area contributed by atoms with Crippen molar-refractivity contribution in [2.75, 3.05) is 13.4 Å². The van der Waals surface area contributed by atoms with E-state index in [1.54, 1.807) is 6.07 Å². The molecule has 1 aromatic carbocycles. The Morgan fingerprint density at radius 2 is 2.00 bits per heavy atom. The maximum Gasteiger partial charge on any atom is 0.339 e. The highest BCUT2D eigenvalue weighted by Gasteiger charge is 2.23. The summed E-state index contributed by atoms with van der Waals surface area (Å²) in [6.07, 6.45) is 3.50. The van der Waals surface area contributed by atoms with Gasteiger partial charge in [-0.1, -0.05) is 31.0 Å². The number of esters is 1. The topological polar surface area (TPSA) is 60.4 Å². The van der Waals surface area contributed by atoms with Crippen LogP contribution in [0, 0.1) is 0 Å². The van der Waals surface area contributed by atoms with E-state index in [2.05, 4.69) is 4.74 Å². The Kier molecular flexibility index (Phi) is 5.38. The summed E-state index contributed by atoms with van der Waals surface area (Å²) in [6.45, 7) is 2.02. The van der Waals surface area contributed by atoms with E-state index in [1.165, 1.54) is 13.2 Å². The number of unbranched alkanes of at least 4 members (excludes halogenated alkanes) is 1. The molecule has 4 nitrogen and oxygen atoms in total. The molecule has 0 saturated heterocycles. The van der Waals surface area contributed by atoms with E-state index in [-0.39, 0.29) is 15.5 Å². The van der Waals surface area contributed by atoms with Crippen molar-refractivity contribution >= 4 is 27.4 Å². The number of hydrogen-bond acceptors (Lipinski definition) is 4. The molecule has 0 bridgehead atoms. The molecule has 0 spiro atoms. The summed E-state index contributed by atoms with van der Waals surface area (Å²) >= 11 is 6.07. The van der Waals surface area contributed by atoms with Crippen LogP contribution in [0.5, 0.6) is 0 Å². The fourth-order valence-corrected chi connectivity index (χ4v) is 3.59. The maximum atomic E-state index is 11.9. The van der Waals surface area contributed by atoms with Crippen molar-refractivity contribution in [1.29, 1.82) is 0 Å². The molecular weight excluding hydrogens is 288 g/mol. The van der Waals surface area contributed by atoms with Gasteiger partial charge in [-0.15, -0.1) is 0 Å². The van der Waals surface area contributed by atoms with Gasteiger partial charge in [0.05, 0.1) is 22.6 Å². The van der Waals surface area contributed by atoms with E-state index in [1.807, 2.05) is 6.92 Å². The lowest BCUT2D eigenvalue weighted by Crippen LogP contribution is -2.09. The molecule has 0 amide bonds. The number of aryl methyl sites for hydroxylation is 1. The van der Waals surface area contributed by atoms with Crippen LogP contribution in [-0.4, -0.2) is 27.8 Å². The molecule has 0 unspecified atom stereocenters. The molecule has 0 aliphatic heterocycles. The summed E-state index contributed by atoms with van der Waals surface area (Å²) in [5.41, 5.74) is 0.715. The SMILES string of the molecule is CCCCc1ccc(C(=O)OC)c(Cl)c1S(C)(=O)=O. The first-order valence-electron chi connectivity index (χ1n) is 5.92. The van der Waals surface area contributed by atoms with Crippen LogP contribution in [0.3, 0.4) is 0 Å². The number of sulfone groups is 1. The molecule has 106 valence electrons. The van der Waals surface area contributed by atoms with Gasteiger partial charge in [-0.2, -0.15) is 0 Å². The van der Waals surface area contributed by atoms with Gasteiger partial charge in [0.1, 0.15) is 0 Å². The Morgan fingerprint density at radius 3 is 2.47 bits per heavy atom. The van der Waals surface area contributed by atoms with Crippen LogP contribution < -0.4 is 0 Å². The number of hydrogen-bond donors (Lipinski definition) is 0. The number of halogens is 1. The summed E-state index contributed by atoms with van der Waals surface area (Å²) in [4.78, 5) is 11.6. The average molecular weight is 305 g/mol. The Morgan fingerprint density at radius 1 is 1.37 bits per heavy atom. The minimum atomic E-state index is -3.50. The summed E-state index contributed by atoms with van der Waals surface area (Å²) in [7, 11) is -2.27. The van der Waals surface area contributed by atoms with E-state index < -0.39 is 15.8 Å². The third-order valence-corrected chi connectivity index (χ3v) is 4.47. The molecule has 0 N–H and O–H groups in total. The van der Waals surface area contributed by atoms with Crippen LogP contribution in [0.1, 0.15) is 35.7 Å². The Bertz CT molecular complexity index is 579. The van der Waals surface area contributed by atoms with E-state index in [0.29, 0.717) is 12.0 Å². The zero-order chi connectivity index (χ0) is 14.6. The normalized spacial score (nSPS) is 11.4. The third-order valence-electron chi connectivity index (χ3n) is 2.75. The van der Waals surface area contributed by atoms with Crippen molar-refractivity contribution in [2.24, 2.45) is 0 Å². The Labute approximate surface area is 118 Å². The van der Waals surface area contributed by atoms with E-state index in [4.69, 9.17) is 11.6 Å². The van der Waals surface area contributed by atoms with Gasteiger partial charge in [0.25, 0.3) is 0 Å². The fraction of sp³-hybridized carbons (Fsp3) is 0.462. The minimum absolute atomic E-state index is 0.0329. The second-order valence-electron chi connectivity index (χ2n) is 4.28. The number of carbonyl (C=O) groups is 1. The van der Waals surface area contributed by atoms with Crippen molar-refractivity contribution in [3.8, 4) is 0 Å². The first kappa shape index (κ1) is 16.0. The number of methoxy groups -OCH3 is 1. The lowest BCUT2D eigenvalue weighted by Gasteiger charge is -2.12. The van der Waals surface area contributed by atoms with Crippen molar-refractivity contribution in [3.05, 3.63) is 28.3 Å². The summed E-state index contributed by atoms with van der Waals surface area (Å²) < 4.78 is 28.3. The van der Waals surface area contributed by atoms with Gasteiger partial charge in [-0.25, -0.2) is 13.2 Å². The molecule has 0 atom stereocenters. The summed E-state index contributed by atoms with van der Waals surface area (Å²) in [5, 5.41) is -0.0528. The highest BCUT2D eigenvalue weighted by molar-refractivity contribution is 7.90. The molecule has 1 rings (SSSR count). The fourth-order valence-electron chi connectivity index (χ4n) is 1.83. The molecule has 0 aliphatic rings. The molecule has 0 aromatic heterocycles. The van der Waals surface area contributed by atoms with Gasteiger partial charge in [-0.05, 0) is 24.5 Å². The average Bonchev–Trinajstić information content (AvgIpc) is 2.33. The zero-order valence-corrected chi connectivity index (χ0v) is 12.8. The third kappa shape index (κ3) is 3.70. The minimum Gasteiger partial charge on any atom is -0.465 e. The van der Waals surface area contributed by atoms with Crippen molar-refractivity contribution < 1.29 is 17.9 Å². The molecule has 0 aliphatic carbocycles. The van der Waals surface area contributed by atoms with Crippen molar-refractivity contribution in [3.63, 3.8) is 0 Å². The van der Waals surface area contributed by atoms with Gasteiger partial charge in [0.15, 0.2) is 9.84 Å². The lowest BCUT2D eigenvalue weighted by atomic mass is 10.1. The van der Waals surface area contributed by atoms with Gasteiger partial charge >= 0.3 is 5.97 Å². The van der Waals surface area contributed by atoms with E-state index in [0.717, 1.165) is 19.1 Å². The van der Waals surface area contributed by atoms with Gasteiger partial charge in [0, 0.05) is 6.26 Å². The number of carbonyl (C=O) groups excluding carboxylic acids is 1. The predicted octanol–water partition coefficient (Wildman–Crippen LogP) is 2.87. The van der Waals surface area contributed by atoms with Crippen LogP contribution in [0.4, 0.5) is 0 Å². The maximum absolute atomic E-state index is 11.9. The molecule has 0 heterocycles. The first-order valence-corrected chi connectivity index (χ1v) is 8.19. The molecule has 0 radical (unpaired) electrons. The molecule has 6 heteroatoms. The molecule has 0 fully saturated rings. The van der Waals surface area contributed by atoms with Crippen LogP contribution in [0.25, 0.3) is 0 Å².